The standard InChI is InChI=1S/C26H30N2O6/c1-25(2,3)34-24(31)28-26(22(29)32-4)15-14-20(16-26)19-10-12-21(13-11-19)27-23(30)33-17-18-8-6-5-7-9-18/h5-15,20H,16-17H2,1-4H3,(H,27,30)(H,28,31)/t20-,26+/m0/s1. The molecule has 2 N–H and O–H groups in total. The Balaban J connectivity index is 1.60. The first-order chi connectivity index (χ1) is 16.1. The number of nitrogens with one attached hydrogen (secondary N) is 2. The van der Waals surface area contributed by atoms with Gasteiger partial charge < -0.3 is 19.5 Å². The molecule has 0 heterocycles. The van der Waals surface area contributed by atoms with E-state index in [2.05, 4.69) is 10.6 Å². The van der Waals surface area contributed by atoms with Gasteiger partial charge in [-0.2, -0.15) is 0 Å². The van der Waals surface area contributed by atoms with E-state index in [1.54, 1.807) is 39.0 Å². The molecule has 0 radical (unpaired) electrons. The van der Waals surface area contributed by atoms with E-state index in [0.717, 1.165) is 11.1 Å². The number of methoxy groups -OCH3 is 1. The van der Waals surface area contributed by atoms with Crippen LogP contribution >= 0.6 is 0 Å². The molecule has 0 spiro atoms. The van der Waals surface area contributed by atoms with Crippen molar-refractivity contribution in [2.45, 2.75) is 50.9 Å². The van der Waals surface area contributed by atoms with E-state index >= 15 is 0 Å². The van der Waals surface area contributed by atoms with E-state index in [0.29, 0.717) is 5.69 Å². The normalized spacial score (nSPS) is 19.2. The van der Waals surface area contributed by atoms with Gasteiger partial charge in [0, 0.05) is 11.6 Å². The van der Waals surface area contributed by atoms with Gasteiger partial charge in [0.15, 0.2) is 5.54 Å². The van der Waals surface area contributed by atoms with Gasteiger partial charge in [0.1, 0.15) is 12.2 Å². The molecular formula is C26H30N2O6. The Hall–Kier alpha value is -3.81. The fourth-order valence-corrected chi connectivity index (χ4v) is 3.65. The number of rotatable bonds is 6. The highest BCUT2D eigenvalue weighted by molar-refractivity contribution is 5.89. The average Bonchev–Trinajstić information content (AvgIpc) is 3.22. The van der Waals surface area contributed by atoms with Crippen LogP contribution in [0.4, 0.5) is 15.3 Å². The van der Waals surface area contributed by atoms with Crippen LogP contribution in [-0.2, 0) is 25.6 Å². The minimum atomic E-state index is -1.32. The number of amides is 2. The summed E-state index contributed by atoms with van der Waals surface area (Å²) in [6.45, 7) is 5.42. The van der Waals surface area contributed by atoms with Crippen molar-refractivity contribution in [3.63, 3.8) is 0 Å². The average molecular weight is 467 g/mol. The number of esters is 1. The van der Waals surface area contributed by atoms with E-state index < -0.39 is 29.3 Å². The molecule has 8 heteroatoms. The molecule has 34 heavy (non-hydrogen) atoms. The second-order valence-corrected chi connectivity index (χ2v) is 9.07. The van der Waals surface area contributed by atoms with Gasteiger partial charge in [-0.1, -0.05) is 54.6 Å². The number of hydrogen-bond acceptors (Lipinski definition) is 6. The maximum absolute atomic E-state index is 12.5. The molecule has 2 amide bonds. The minimum Gasteiger partial charge on any atom is -0.467 e. The summed E-state index contributed by atoms with van der Waals surface area (Å²) in [5.74, 6) is -0.718. The van der Waals surface area contributed by atoms with Crippen molar-refractivity contribution >= 4 is 23.8 Å². The Morgan fingerprint density at radius 2 is 1.68 bits per heavy atom. The molecule has 2 atom stereocenters. The summed E-state index contributed by atoms with van der Waals surface area (Å²) < 4.78 is 15.5. The predicted octanol–water partition coefficient (Wildman–Crippen LogP) is 4.92. The number of ether oxygens (including phenoxy) is 3. The van der Waals surface area contributed by atoms with Crippen molar-refractivity contribution in [3.8, 4) is 0 Å². The predicted molar refractivity (Wildman–Crippen MR) is 127 cm³/mol. The Bertz CT molecular complexity index is 1040. The number of hydrogen-bond donors (Lipinski definition) is 2. The van der Waals surface area contributed by atoms with Gasteiger partial charge in [-0.3, -0.25) is 5.32 Å². The maximum Gasteiger partial charge on any atom is 0.411 e. The molecule has 0 saturated carbocycles. The third-order valence-corrected chi connectivity index (χ3v) is 5.23. The van der Waals surface area contributed by atoms with Crippen molar-refractivity contribution in [2.24, 2.45) is 0 Å². The number of allylic oxidation sites excluding steroid dienone is 1. The van der Waals surface area contributed by atoms with E-state index in [1.165, 1.54) is 7.11 Å². The van der Waals surface area contributed by atoms with Crippen LogP contribution in [0, 0.1) is 0 Å². The quantitative estimate of drug-likeness (QED) is 0.356. The van der Waals surface area contributed by atoms with Crippen LogP contribution < -0.4 is 10.6 Å². The van der Waals surface area contributed by atoms with Crippen LogP contribution in [0.25, 0.3) is 0 Å². The topological polar surface area (TPSA) is 103 Å². The molecule has 8 nitrogen and oxygen atoms in total. The van der Waals surface area contributed by atoms with Gasteiger partial charge in [0.2, 0.25) is 0 Å². The molecule has 1 aliphatic rings. The molecule has 0 bridgehead atoms. The summed E-state index contributed by atoms with van der Waals surface area (Å²) in [6.07, 6.45) is 2.52. The Morgan fingerprint density at radius 3 is 2.29 bits per heavy atom. The first-order valence-corrected chi connectivity index (χ1v) is 11.0. The van der Waals surface area contributed by atoms with Gasteiger partial charge >= 0.3 is 18.2 Å². The summed E-state index contributed by atoms with van der Waals surface area (Å²) in [7, 11) is 1.28. The number of anilines is 1. The fourth-order valence-electron chi connectivity index (χ4n) is 3.65. The smallest absolute Gasteiger partial charge is 0.411 e. The van der Waals surface area contributed by atoms with Crippen molar-refractivity contribution < 1.29 is 28.6 Å². The van der Waals surface area contributed by atoms with Gasteiger partial charge in [-0.25, -0.2) is 14.4 Å². The molecular weight excluding hydrogens is 436 g/mol. The number of alkyl carbamates (subject to hydrolysis) is 1. The largest absolute Gasteiger partial charge is 0.467 e. The molecule has 0 aliphatic heterocycles. The van der Waals surface area contributed by atoms with Crippen molar-refractivity contribution in [1.29, 1.82) is 0 Å². The van der Waals surface area contributed by atoms with Crippen LogP contribution in [0.2, 0.25) is 0 Å². The fraction of sp³-hybridized carbons (Fsp3) is 0.346. The lowest BCUT2D eigenvalue weighted by molar-refractivity contribution is -0.146. The molecule has 2 aromatic rings. The highest BCUT2D eigenvalue weighted by atomic mass is 16.6. The zero-order valence-electron chi connectivity index (χ0n) is 19.8. The first-order valence-electron chi connectivity index (χ1n) is 11.0. The van der Waals surface area contributed by atoms with Crippen LogP contribution in [0.1, 0.15) is 44.2 Å². The van der Waals surface area contributed by atoms with E-state index in [9.17, 15) is 14.4 Å². The third-order valence-electron chi connectivity index (χ3n) is 5.23. The maximum atomic E-state index is 12.5. The highest BCUT2D eigenvalue weighted by Gasteiger charge is 2.45. The number of benzene rings is 2. The Kier molecular flexibility index (Phi) is 7.61. The van der Waals surface area contributed by atoms with Crippen molar-refractivity contribution in [2.75, 3.05) is 12.4 Å². The van der Waals surface area contributed by atoms with Crippen LogP contribution in [0.15, 0.2) is 66.7 Å². The lowest BCUT2D eigenvalue weighted by atomic mass is 9.91. The molecule has 3 rings (SSSR count). The Morgan fingerprint density at radius 1 is 1.00 bits per heavy atom. The van der Waals surface area contributed by atoms with Gasteiger partial charge in [0.25, 0.3) is 0 Å². The molecule has 180 valence electrons. The third kappa shape index (κ3) is 6.60. The highest BCUT2D eigenvalue weighted by Crippen LogP contribution is 2.36. The minimum absolute atomic E-state index is 0.145. The van der Waals surface area contributed by atoms with Crippen molar-refractivity contribution in [1.82, 2.24) is 5.32 Å². The first kappa shape index (κ1) is 24.8. The molecule has 0 unspecified atom stereocenters. The van der Waals surface area contributed by atoms with Gasteiger partial charge in [0.05, 0.1) is 7.11 Å². The van der Waals surface area contributed by atoms with Gasteiger partial charge in [-0.05, 0) is 50.5 Å². The van der Waals surface area contributed by atoms with Crippen LogP contribution in [-0.4, -0.2) is 36.4 Å². The summed E-state index contributed by atoms with van der Waals surface area (Å²) in [6, 6.07) is 16.6. The second kappa shape index (κ2) is 10.4. The van der Waals surface area contributed by atoms with E-state index in [-0.39, 0.29) is 18.9 Å². The van der Waals surface area contributed by atoms with E-state index in [1.807, 2.05) is 48.5 Å². The van der Waals surface area contributed by atoms with Crippen molar-refractivity contribution in [3.05, 3.63) is 77.9 Å². The lowest BCUT2D eigenvalue weighted by Gasteiger charge is -2.29. The number of carbonyl (C=O) groups excluding carboxylic acids is 3. The number of carbonyl (C=O) groups is 3. The molecule has 0 fully saturated rings. The summed E-state index contributed by atoms with van der Waals surface area (Å²) in [5.41, 5.74) is 0.370. The van der Waals surface area contributed by atoms with Crippen LogP contribution in [0.5, 0.6) is 0 Å². The molecule has 0 aromatic heterocycles. The summed E-state index contributed by atoms with van der Waals surface area (Å²) in [4.78, 5) is 37.0. The second-order valence-electron chi connectivity index (χ2n) is 9.07. The molecule has 0 saturated heterocycles. The summed E-state index contributed by atoms with van der Waals surface area (Å²) in [5, 5.41) is 5.36. The lowest BCUT2D eigenvalue weighted by Crippen LogP contribution is -2.54. The SMILES string of the molecule is COC(=O)[C@@]1(NC(=O)OC(C)(C)C)C=C[C@H](c2ccc(NC(=O)OCc3ccccc3)cc2)C1. The van der Waals surface area contributed by atoms with Crippen LogP contribution in [0.3, 0.4) is 0 Å². The summed E-state index contributed by atoms with van der Waals surface area (Å²) >= 11 is 0. The molecule has 2 aromatic carbocycles. The molecule has 1 aliphatic carbocycles. The van der Waals surface area contributed by atoms with E-state index in [4.69, 9.17) is 14.2 Å². The zero-order valence-corrected chi connectivity index (χ0v) is 19.8. The van der Waals surface area contributed by atoms with Gasteiger partial charge in [-0.15, -0.1) is 0 Å². The monoisotopic (exact) mass is 466 g/mol. The Labute approximate surface area is 199 Å². The zero-order chi connectivity index (χ0) is 24.8.